The summed E-state index contributed by atoms with van der Waals surface area (Å²) in [5, 5.41) is 13.3. The van der Waals surface area contributed by atoms with Crippen molar-refractivity contribution in [1.29, 1.82) is 0 Å². The highest BCUT2D eigenvalue weighted by atomic mass is 35.5. The molecule has 1 saturated heterocycles. The van der Waals surface area contributed by atoms with Crippen LogP contribution >= 0.6 is 24.0 Å². The number of phenolic OH excluding ortho intramolecular Hbond substituents is 1. The lowest BCUT2D eigenvalue weighted by atomic mass is 10.0. The third kappa shape index (κ3) is 4.36. The fourth-order valence-electron chi connectivity index (χ4n) is 2.60. The number of benzene rings is 1. The Hall–Kier alpha value is -0.750. The van der Waals surface area contributed by atoms with E-state index < -0.39 is 6.67 Å². The van der Waals surface area contributed by atoms with Gasteiger partial charge in [0.25, 0.3) is 0 Å². The van der Waals surface area contributed by atoms with Crippen LogP contribution in [0.1, 0.15) is 18.0 Å². The van der Waals surface area contributed by atoms with Crippen LogP contribution in [0.15, 0.2) is 12.1 Å². The number of aromatic hydroxyl groups is 1. The molecule has 0 bridgehead atoms. The van der Waals surface area contributed by atoms with Gasteiger partial charge in [-0.25, -0.2) is 0 Å². The maximum atomic E-state index is 12.9. The Balaban J connectivity index is 0.00000220. The number of ether oxygens (including phenoxy) is 1. The lowest BCUT2D eigenvalue weighted by Gasteiger charge is -2.35. The molecule has 0 aromatic heterocycles. The third-order valence-corrected chi connectivity index (χ3v) is 3.92. The van der Waals surface area contributed by atoms with Gasteiger partial charge in [-0.3, -0.25) is 9.29 Å². The summed E-state index contributed by atoms with van der Waals surface area (Å²) in [5.74, 6) is 0.253. The van der Waals surface area contributed by atoms with Gasteiger partial charge in [0.2, 0.25) is 0 Å². The standard InChI is InChI=1S/C14H20ClFN2O2.ClH/c1-20-13-9-10(8-11(15)14(13)19)12(2-3-16)18-6-4-17-5-7-18;/h8-9,12,17,19H,2-7H2,1H3;1H/t12-;/m0./s1. The van der Waals surface area contributed by atoms with Crippen LogP contribution in [0, 0.1) is 0 Å². The lowest BCUT2D eigenvalue weighted by Crippen LogP contribution is -2.45. The normalized spacial score (nSPS) is 17.1. The number of rotatable bonds is 5. The third-order valence-electron chi connectivity index (χ3n) is 3.63. The van der Waals surface area contributed by atoms with Crippen LogP contribution < -0.4 is 10.1 Å². The van der Waals surface area contributed by atoms with E-state index in [2.05, 4.69) is 10.2 Å². The summed E-state index contributed by atoms with van der Waals surface area (Å²) in [4.78, 5) is 2.23. The molecule has 120 valence electrons. The van der Waals surface area contributed by atoms with Crippen molar-refractivity contribution in [3.8, 4) is 11.5 Å². The van der Waals surface area contributed by atoms with Gasteiger partial charge in [0.15, 0.2) is 11.5 Å². The number of piperazine rings is 1. The van der Waals surface area contributed by atoms with Crippen molar-refractivity contribution in [3.05, 3.63) is 22.7 Å². The minimum Gasteiger partial charge on any atom is -0.503 e. The zero-order valence-electron chi connectivity index (χ0n) is 11.9. The zero-order chi connectivity index (χ0) is 14.5. The summed E-state index contributed by atoms with van der Waals surface area (Å²) >= 11 is 6.03. The van der Waals surface area contributed by atoms with Crippen LogP contribution in [-0.2, 0) is 0 Å². The first-order chi connectivity index (χ1) is 9.67. The van der Waals surface area contributed by atoms with E-state index in [4.69, 9.17) is 16.3 Å². The number of hydrogen-bond acceptors (Lipinski definition) is 4. The highest BCUT2D eigenvalue weighted by Gasteiger charge is 2.24. The SMILES string of the molecule is COc1cc([C@H](CCF)N2CCNCC2)cc(Cl)c1O.Cl. The van der Waals surface area contributed by atoms with Crippen molar-refractivity contribution < 1.29 is 14.2 Å². The van der Waals surface area contributed by atoms with Gasteiger partial charge >= 0.3 is 0 Å². The van der Waals surface area contributed by atoms with Crippen LogP contribution in [-0.4, -0.2) is 50.0 Å². The van der Waals surface area contributed by atoms with E-state index in [0.717, 1.165) is 31.7 Å². The second-order valence-corrected chi connectivity index (χ2v) is 5.24. The summed E-state index contributed by atoms with van der Waals surface area (Å²) in [6.45, 7) is 3.13. The van der Waals surface area contributed by atoms with Crippen LogP contribution in [0.25, 0.3) is 0 Å². The van der Waals surface area contributed by atoms with Crippen molar-refractivity contribution in [2.45, 2.75) is 12.5 Å². The molecular weight excluding hydrogens is 318 g/mol. The fourth-order valence-corrected chi connectivity index (χ4v) is 2.82. The molecule has 1 atom stereocenters. The van der Waals surface area contributed by atoms with Gasteiger partial charge in [-0.05, 0) is 24.1 Å². The number of nitrogens with zero attached hydrogens (tertiary/aromatic N) is 1. The van der Waals surface area contributed by atoms with Crippen LogP contribution in [0.2, 0.25) is 5.02 Å². The molecule has 1 aromatic rings. The molecule has 1 aliphatic rings. The van der Waals surface area contributed by atoms with Crippen molar-refractivity contribution >= 4 is 24.0 Å². The Morgan fingerprint density at radius 1 is 1.43 bits per heavy atom. The Labute approximate surface area is 135 Å². The van der Waals surface area contributed by atoms with Crippen LogP contribution in [0.3, 0.4) is 0 Å². The molecule has 2 rings (SSSR count). The minimum absolute atomic E-state index is 0. The fraction of sp³-hybridized carbons (Fsp3) is 0.571. The quantitative estimate of drug-likeness (QED) is 0.866. The van der Waals surface area contributed by atoms with Crippen molar-refractivity contribution in [2.75, 3.05) is 40.0 Å². The predicted octanol–water partition coefficient (Wildman–Crippen LogP) is 2.78. The molecule has 0 spiro atoms. The molecule has 1 aliphatic heterocycles. The molecule has 0 unspecified atom stereocenters. The second kappa shape index (κ2) is 8.63. The average molecular weight is 339 g/mol. The highest BCUT2D eigenvalue weighted by Crippen LogP contribution is 2.38. The first-order valence-electron chi connectivity index (χ1n) is 6.74. The summed E-state index contributed by atoms with van der Waals surface area (Å²) in [6, 6.07) is 3.39. The Bertz CT molecular complexity index is 457. The topological polar surface area (TPSA) is 44.7 Å². The molecule has 4 nitrogen and oxygen atoms in total. The summed E-state index contributed by atoms with van der Waals surface area (Å²) in [6.07, 6.45) is 0.407. The van der Waals surface area contributed by atoms with Crippen LogP contribution in [0.4, 0.5) is 4.39 Å². The number of alkyl halides is 1. The summed E-state index contributed by atoms with van der Waals surface area (Å²) in [7, 11) is 1.48. The average Bonchev–Trinajstić information content (AvgIpc) is 2.48. The number of phenols is 1. The second-order valence-electron chi connectivity index (χ2n) is 4.83. The predicted molar refractivity (Wildman–Crippen MR) is 84.7 cm³/mol. The van der Waals surface area contributed by atoms with Crippen molar-refractivity contribution in [1.82, 2.24) is 10.2 Å². The van der Waals surface area contributed by atoms with E-state index in [-0.39, 0.29) is 29.2 Å². The largest absolute Gasteiger partial charge is 0.503 e. The first kappa shape index (κ1) is 18.3. The van der Waals surface area contributed by atoms with Gasteiger partial charge in [-0.1, -0.05) is 11.6 Å². The number of methoxy groups -OCH3 is 1. The van der Waals surface area contributed by atoms with Gasteiger partial charge in [0.1, 0.15) is 0 Å². The molecule has 21 heavy (non-hydrogen) atoms. The molecule has 1 heterocycles. The Morgan fingerprint density at radius 3 is 2.67 bits per heavy atom. The van der Waals surface area contributed by atoms with Crippen molar-refractivity contribution in [2.24, 2.45) is 0 Å². The molecule has 2 N–H and O–H groups in total. The molecule has 0 saturated carbocycles. The van der Waals surface area contributed by atoms with Gasteiger partial charge in [0, 0.05) is 32.2 Å². The number of nitrogens with one attached hydrogen (secondary N) is 1. The van der Waals surface area contributed by atoms with E-state index in [9.17, 15) is 9.50 Å². The van der Waals surface area contributed by atoms with E-state index in [0.29, 0.717) is 12.2 Å². The van der Waals surface area contributed by atoms with Gasteiger partial charge in [-0.2, -0.15) is 0 Å². The maximum absolute atomic E-state index is 12.9. The maximum Gasteiger partial charge on any atom is 0.176 e. The zero-order valence-corrected chi connectivity index (χ0v) is 13.5. The van der Waals surface area contributed by atoms with Gasteiger partial charge in [0.05, 0.1) is 18.8 Å². The molecule has 1 fully saturated rings. The van der Waals surface area contributed by atoms with E-state index in [1.54, 1.807) is 12.1 Å². The highest BCUT2D eigenvalue weighted by molar-refractivity contribution is 6.32. The summed E-state index contributed by atoms with van der Waals surface area (Å²) in [5.41, 5.74) is 0.879. The number of hydrogen-bond donors (Lipinski definition) is 2. The molecule has 0 radical (unpaired) electrons. The van der Waals surface area contributed by atoms with Gasteiger partial charge in [-0.15, -0.1) is 12.4 Å². The molecular formula is C14H21Cl2FN2O2. The van der Waals surface area contributed by atoms with E-state index in [1.807, 2.05) is 0 Å². The molecule has 7 heteroatoms. The van der Waals surface area contributed by atoms with Gasteiger partial charge < -0.3 is 15.2 Å². The Morgan fingerprint density at radius 2 is 2.10 bits per heavy atom. The molecule has 0 amide bonds. The van der Waals surface area contributed by atoms with Crippen molar-refractivity contribution in [3.63, 3.8) is 0 Å². The molecule has 0 aliphatic carbocycles. The van der Waals surface area contributed by atoms with E-state index in [1.165, 1.54) is 7.11 Å². The summed E-state index contributed by atoms with van der Waals surface area (Å²) < 4.78 is 18.0. The monoisotopic (exact) mass is 338 g/mol. The van der Waals surface area contributed by atoms with Crippen LogP contribution in [0.5, 0.6) is 11.5 Å². The smallest absolute Gasteiger partial charge is 0.176 e. The number of halogens is 3. The lowest BCUT2D eigenvalue weighted by molar-refractivity contribution is 0.157. The molecule has 1 aromatic carbocycles. The van der Waals surface area contributed by atoms with E-state index >= 15 is 0 Å². The Kier molecular flexibility index (Phi) is 7.52. The first-order valence-corrected chi connectivity index (χ1v) is 7.12. The minimum atomic E-state index is -0.393.